The third-order valence-corrected chi connectivity index (χ3v) is 7.52. The summed E-state index contributed by atoms with van der Waals surface area (Å²) in [5.74, 6) is 0.484. The summed E-state index contributed by atoms with van der Waals surface area (Å²) in [6, 6.07) is 17.0. The fourth-order valence-corrected chi connectivity index (χ4v) is 5.05. The molecule has 1 amide bonds. The van der Waals surface area contributed by atoms with Crippen LogP contribution in [0, 0.1) is 11.2 Å². The number of carbonyl (C=O) groups is 1. The van der Waals surface area contributed by atoms with Crippen LogP contribution in [-0.2, 0) is 9.47 Å². The summed E-state index contributed by atoms with van der Waals surface area (Å²) in [6.07, 6.45) is 3.75. The molecule has 0 aliphatic carbocycles. The van der Waals surface area contributed by atoms with Gasteiger partial charge >= 0.3 is 0 Å². The quantitative estimate of drug-likeness (QED) is 0.218. The van der Waals surface area contributed by atoms with Crippen LogP contribution in [-0.4, -0.2) is 83.0 Å². The number of anilines is 1. The minimum Gasteiger partial charge on any atom is -0.361 e. The monoisotopic (exact) mass is 598 g/mol. The molecule has 6 rings (SSSR count). The Morgan fingerprint density at radius 3 is 2.64 bits per heavy atom. The smallest absolute Gasteiger partial charge is 0.251 e. The van der Waals surface area contributed by atoms with Crippen molar-refractivity contribution in [1.29, 1.82) is 0 Å². The average molecular weight is 599 g/mol. The number of rotatable bonds is 11. The van der Waals surface area contributed by atoms with Crippen molar-refractivity contribution in [2.24, 2.45) is 10.4 Å². The number of hydrogen-bond acceptors (Lipinski definition) is 9. The molecule has 0 saturated carbocycles. The molecule has 0 bridgehead atoms. The van der Waals surface area contributed by atoms with Gasteiger partial charge in [-0.15, -0.1) is 0 Å². The van der Waals surface area contributed by atoms with Crippen LogP contribution >= 0.6 is 0 Å². The number of hydrogen-bond donors (Lipinski definition) is 3. The van der Waals surface area contributed by atoms with Crippen LogP contribution in [0.25, 0.3) is 22.6 Å². The Balaban J connectivity index is 1.15. The molecule has 4 heterocycles. The summed E-state index contributed by atoms with van der Waals surface area (Å²) in [5, 5.41) is 6.28. The number of amides is 1. The largest absolute Gasteiger partial charge is 0.361 e. The van der Waals surface area contributed by atoms with Gasteiger partial charge in [-0.05, 0) is 48.9 Å². The first kappa shape index (κ1) is 29.4. The zero-order valence-electron chi connectivity index (χ0n) is 24.5. The first-order valence-corrected chi connectivity index (χ1v) is 14.7. The lowest BCUT2D eigenvalue weighted by atomic mass is 9.92. The second kappa shape index (κ2) is 13.3. The molecule has 44 heavy (non-hydrogen) atoms. The lowest BCUT2D eigenvalue weighted by molar-refractivity contribution is -0.231. The Kier molecular flexibility index (Phi) is 8.89. The SMILES string of the molecule is CC1(CNC(=O)c2ccccc2)COC(c2nc(-c3ccc(F)cc3)c(-c3ccnc(NCCCN4C=NCC4)n3)[nH]2)OC1. The van der Waals surface area contributed by atoms with Crippen molar-refractivity contribution >= 4 is 18.2 Å². The van der Waals surface area contributed by atoms with Gasteiger partial charge in [0, 0.05) is 48.9 Å². The van der Waals surface area contributed by atoms with Gasteiger partial charge in [0.2, 0.25) is 12.2 Å². The van der Waals surface area contributed by atoms with Crippen molar-refractivity contribution in [3.8, 4) is 22.6 Å². The fraction of sp³-hybridized carbons (Fsp3) is 0.344. The van der Waals surface area contributed by atoms with Gasteiger partial charge in [-0.1, -0.05) is 25.1 Å². The van der Waals surface area contributed by atoms with Gasteiger partial charge in [-0.3, -0.25) is 9.79 Å². The fourth-order valence-electron chi connectivity index (χ4n) is 5.05. The minimum atomic E-state index is -0.755. The first-order valence-electron chi connectivity index (χ1n) is 14.7. The van der Waals surface area contributed by atoms with Crippen molar-refractivity contribution in [3.63, 3.8) is 0 Å². The highest BCUT2D eigenvalue weighted by Gasteiger charge is 2.35. The van der Waals surface area contributed by atoms with E-state index in [9.17, 15) is 9.18 Å². The van der Waals surface area contributed by atoms with E-state index in [-0.39, 0.29) is 11.7 Å². The predicted octanol–water partition coefficient (Wildman–Crippen LogP) is 4.30. The van der Waals surface area contributed by atoms with E-state index in [0.717, 1.165) is 26.1 Å². The molecule has 1 saturated heterocycles. The van der Waals surface area contributed by atoms with Crippen LogP contribution in [0.4, 0.5) is 10.3 Å². The first-order chi connectivity index (χ1) is 21.5. The molecule has 2 aliphatic heterocycles. The zero-order valence-corrected chi connectivity index (χ0v) is 24.5. The highest BCUT2D eigenvalue weighted by molar-refractivity contribution is 5.94. The van der Waals surface area contributed by atoms with Crippen LogP contribution < -0.4 is 10.6 Å². The molecule has 11 nitrogen and oxygen atoms in total. The lowest BCUT2D eigenvalue weighted by Gasteiger charge is -2.36. The zero-order chi connectivity index (χ0) is 30.4. The molecule has 0 radical (unpaired) electrons. The number of carbonyl (C=O) groups excluding carboxylic acids is 1. The number of nitrogens with one attached hydrogen (secondary N) is 3. The summed E-state index contributed by atoms with van der Waals surface area (Å²) in [7, 11) is 0. The van der Waals surface area contributed by atoms with Gasteiger partial charge < -0.3 is 30.0 Å². The number of halogens is 1. The van der Waals surface area contributed by atoms with E-state index in [1.165, 1.54) is 12.1 Å². The molecule has 2 aromatic heterocycles. The second-order valence-corrected chi connectivity index (χ2v) is 11.3. The number of aromatic nitrogens is 4. The van der Waals surface area contributed by atoms with Gasteiger partial charge in [0.05, 0.1) is 43.2 Å². The van der Waals surface area contributed by atoms with Crippen molar-refractivity contribution in [2.75, 3.05) is 51.3 Å². The predicted molar refractivity (Wildman–Crippen MR) is 165 cm³/mol. The Labute approximate surface area is 255 Å². The van der Waals surface area contributed by atoms with E-state index in [0.29, 0.717) is 66.3 Å². The standard InChI is InChI=1S/C32H35FN8O3/c1-32(18-37-29(42)23-6-3-2-4-7-23)19-43-30(44-20-32)28-39-26(22-8-10-24(33)11-9-22)27(40-28)25-12-14-36-31(38-25)35-13-5-16-41-17-15-34-21-41/h2-4,6-12,14,21,30H,5,13,15-20H2,1H3,(H,37,42)(H,39,40)(H,35,36,38). The normalized spacial score (nSPS) is 19.7. The van der Waals surface area contributed by atoms with Crippen LogP contribution in [0.1, 0.15) is 35.8 Å². The highest BCUT2D eigenvalue weighted by Crippen LogP contribution is 2.35. The Hall–Kier alpha value is -4.68. The summed E-state index contributed by atoms with van der Waals surface area (Å²) < 4.78 is 26.0. The number of aromatic amines is 1. The van der Waals surface area contributed by atoms with Gasteiger partial charge in [0.1, 0.15) is 5.82 Å². The number of ether oxygens (including phenoxy) is 2. The molecule has 1 fully saturated rings. The van der Waals surface area contributed by atoms with Crippen LogP contribution in [0.2, 0.25) is 0 Å². The van der Waals surface area contributed by atoms with Crippen LogP contribution in [0.15, 0.2) is 71.9 Å². The molecule has 4 aromatic rings. The lowest BCUT2D eigenvalue weighted by Crippen LogP contribution is -2.45. The molecular weight excluding hydrogens is 563 g/mol. The van der Waals surface area contributed by atoms with E-state index in [2.05, 4.69) is 30.5 Å². The highest BCUT2D eigenvalue weighted by atomic mass is 19.1. The second-order valence-electron chi connectivity index (χ2n) is 11.3. The number of imidazole rings is 1. The number of benzene rings is 2. The average Bonchev–Trinajstić information content (AvgIpc) is 3.74. The van der Waals surface area contributed by atoms with E-state index >= 15 is 0 Å². The maximum atomic E-state index is 13.8. The number of H-pyrrole nitrogens is 1. The number of nitrogens with zero attached hydrogens (tertiary/aromatic N) is 5. The summed E-state index contributed by atoms with van der Waals surface area (Å²) >= 11 is 0. The molecule has 228 valence electrons. The van der Waals surface area contributed by atoms with Gasteiger partial charge in [0.15, 0.2) is 5.82 Å². The molecular formula is C32H35FN8O3. The van der Waals surface area contributed by atoms with E-state index in [4.69, 9.17) is 19.4 Å². The molecule has 12 heteroatoms. The topological polar surface area (TPSA) is 130 Å². The summed E-state index contributed by atoms with van der Waals surface area (Å²) in [6.45, 7) is 6.51. The van der Waals surface area contributed by atoms with E-state index in [1.54, 1.807) is 36.5 Å². The Bertz CT molecular complexity index is 1590. The molecule has 0 spiro atoms. The maximum Gasteiger partial charge on any atom is 0.251 e. The Morgan fingerprint density at radius 1 is 1.09 bits per heavy atom. The summed E-state index contributed by atoms with van der Waals surface area (Å²) in [5.41, 5.74) is 2.74. The molecule has 0 unspecified atom stereocenters. The van der Waals surface area contributed by atoms with Crippen molar-refractivity contribution in [3.05, 3.63) is 84.1 Å². The van der Waals surface area contributed by atoms with Crippen molar-refractivity contribution < 1.29 is 18.7 Å². The molecule has 3 N–H and O–H groups in total. The molecule has 2 aliphatic rings. The van der Waals surface area contributed by atoms with Gasteiger partial charge in [-0.2, -0.15) is 0 Å². The Morgan fingerprint density at radius 2 is 1.89 bits per heavy atom. The van der Waals surface area contributed by atoms with Crippen LogP contribution in [0.5, 0.6) is 0 Å². The number of aliphatic imine (C=N–C) groups is 1. The summed E-state index contributed by atoms with van der Waals surface area (Å²) in [4.78, 5) is 36.3. The minimum absolute atomic E-state index is 0.145. The van der Waals surface area contributed by atoms with Crippen molar-refractivity contribution in [1.82, 2.24) is 30.2 Å². The van der Waals surface area contributed by atoms with E-state index < -0.39 is 11.7 Å². The van der Waals surface area contributed by atoms with Crippen molar-refractivity contribution in [2.45, 2.75) is 19.6 Å². The van der Waals surface area contributed by atoms with Crippen LogP contribution in [0.3, 0.4) is 0 Å². The van der Waals surface area contributed by atoms with E-state index in [1.807, 2.05) is 31.5 Å². The molecule has 2 aromatic carbocycles. The maximum absolute atomic E-state index is 13.8. The van der Waals surface area contributed by atoms with Gasteiger partial charge in [0.25, 0.3) is 5.91 Å². The third kappa shape index (κ3) is 7.09. The van der Waals surface area contributed by atoms with Gasteiger partial charge in [-0.25, -0.2) is 19.3 Å². The third-order valence-electron chi connectivity index (χ3n) is 7.52. The molecule has 0 atom stereocenters.